The molecule has 1 aromatic heterocycles. The fraction of sp³-hybridized carbons (Fsp3) is 0.0625. The van der Waals surface area contributed by atoms with E-state index in [0.717, 1.165) is 0 Å². The van der Waals surface area contributed by atoms with Gasteiger partial charge in [-0.3, -0.25) is 19.3 Å². The number of hydrogen-bond donors (Lipinski definition) is 5. The summed E-state index contributed by atoms with van der Waals surface area (Å²) in [4.78, 5) is 29.6. The van der Waals surface area contributed by atoms with Crippen LogP contribution in [0.1, 0.15) is 10.4 Å². The van der Waals surface area contributed by atoms with E-state index in [0.29, 0.717) is 27.8 Å². The number of amides is 1. The second-order valence-electron chi connectivity index (χ2n) is 5.51. The minimum Gasteiger partial charge on any atom is -0.332 e. The molecule has 5 N–H and O–H groups in total. The molecule has 3 rings (SSSR count). The molecule has 0 spiro atoms. The van der Waals surface area contributed by atoms with Crippen LogP contribution in [0.2, 0.25) is 0 Å². The summed E-state index contributed by atoms with van der Waals surface area (Å²) >= 11 is 4.93. The number of fused-ring (bicyclic) bond motifs is 1. The van der Waals surface area contributed by atoms with Crippen LogP contribution in [0.4, 0.5) is 11.4 Å². The molecule has 0 aliphatic carbocycles. The monoisotopic (exact) mass is 405 g/mol. The van der Waals surface area contributed by atoms with Crippen LogP contribution in [0.25, 0.3) is 10.9 Å². The van der Waals surface area contributed by atoms with Crippen molar-refractivity contribution in [2.24, 2.45) is 0 Å². The zero-order valence-electron chi connectivity index (χ0n) is 14.0. The Morgan fingerprint density at radius 2 is 1.70 bits per heavy atom. The molecule has 27 heavy (non-hydrogen) atoms. The maximum Gasteiger partial charge on any atom is 0.298 e. The van der Waals surface area contributed by atoms with Crippen molar-refractivity contribution in [3.8, 4) is 0 Å². The Bertz CT molecular complexity index is 1230. The summed E-state index contributed by atoms with van der Waals surface area (Å²) < 4.78 is 27.5. The van der Waals surface area contributed by atoms with Crippen molar-refractivity contribution in [3.05, 3.63) is 63.2 Å². The highest BCUT2D eigenvalue weighted by Crippen LogP contribution is 2.16. The maximum absolute atomic E-state index is 12.4. The molecule has 0 saturated carbocycles. The van der Waals surface area contributed by atoms with E-state index in [4.69, 9.17) is 12.2 Å². The minimum absolute atomic E-state index is 0.171. The summed E-state index contributed by atoms with van der Waals surface area (Å²) in [7, 11) is -2.31. The molecule has 0 fully saturated rings. The van der Waals surface area contributed by atoms with Crippen molar-refractivity contribution in [1.29, 1.82) is 0 Å². The highest BCUT2D eigenvalue weighted by Gasteiger charge is 2.10. The van der Waals surface area contributed by atoms with Gasteiger partial charge in [-0.1, -0.05) is 0 Å². The molecular weight excluding hydrogens is 390 g/mol. The average Bonchev–Trinajstić information content (AvgIpc) is 2.62. The number of aromatic nitrogens is 2. The average molecular weight is 405 g/mol. The Labute approximate surface area is 159 Å². The number of benzene rings is 2. The van der Waals surface area contributed by atoms with Gasteiger partial charge in [0.15, 0.2) is 4.77 Å². The molecule has 140 valence electrons. The lowest BCUT2D eigenvalue weighted by atomic mass is 10.1. The molecule has 0 unspecified atom stereocenters. The van der Waals surface area contributed by atoms with Crippen LogP contribution in [-0.2, 0) is 10.2 Å². The molecule has 0 bridgehead atoms. The SMILES string of the molecule is CNS(=O)(=O)Nc1ccc(NC(=O)c2ccc3c(=O)[nH]c(=S)[nH]c3c2)cc1. The van der Waals surface area contributed by atoms with Crippen LogP contribution >= 0.6 is 12.2 Å². The van der Waals surface area contributed by atoms with E-state index in [2.05, 4.69) is 24.7 Å². The van der Waals surface area contributed by atoms with Crippen LogP contribution in [0, 0.1) is 4.77 Å². The number of aromatic amines is 2. The lowest BCUT2D eigenvalue weighted by molar-refractivity contribution is 0.102. The van der Waals surface area contributed by atoms with Crippen LogP contribution in [0.15, 0.2) is 47.3 Å². The quantitative estimate of drug-likeness (QED) is 0.412. The summed E-state index contributed by atoms with van der Waals surface area (Å²) in [6.07, 6.45) is 0. The molecular formula is C16H15N5O4S2. The van der Waals surface area contributed by atoms with E-state index >= 15 is 0 Å². The van der Waals surface area contributed by atoms with Crippen molar-refractivity contribution >= 4 is 50.6 Å². The van der Waals surface area contributed by atoms with Gasteiger partial charge in [-0.25, -0.2) is 4.72 Å². The fourth-order valence-corrected chi connectivity index (χ4v) is 3.09. The first-order valence-electron chi connectivity index (χ1n) is 7.66. The van der Waals surface area contributed by atoms with Crippen LogP contribution in [0.3, 0.4) is 0 Å². The zero-order valence-corrected chi connectivity index (χ0v) is 15.6. The molecule has 0 saturated heterocycles. The summed E-state index contributed by atoms with van der Waals surface area (Å²) in [6, 6.07) is 10.7. The van der Waals surface area contributed by atoms with Gasteiger partial charge in [0.05, 0.1) is 10.9 Å². The molecule has 1 heterocycles. The highest BCUT2D eigenvalue weighted by molar-refractivity contribution is 7.90. The zero-order chi connectivity index (χ0) is 19.6. The molecule has 0 aliphatic heterocycles. The first kappa shape index (κ1) is 18.8. The van der Waals surface area contributed by atoms with Crippen molar-refractivity contribution in [2.45, 2.75) is 0 Å². The fourth-order valence-electron chi connectivity index (χ4n) is 2.34. The van der Waals surface area contributed by atoms with Gasteiger partial charge in [-0.15, -0.1) is 0 Å². The van der Waals surface area contributed by atoms with Gasteiger partial charge >= 0.3 is 0 Å². The van der Waals surface area contributed by atoms with E-state index in [1.165, 1.54) is 37.4 Å². The number of carbonyl (C=O) groups is 1. The summed E-state index contributed by atoms with van der Waals surface area (Å²) in [5, 5.41) is 3.09. The van der Waals surface area contributed by atoms with Gasteiger partial charge in [-0.2, -0.15) is 8.42 Å². The van der Waals surface area contributed by atoms with Crippen LogP contribution < -0.4 is 20.3 Å². The second-order valence-corrected chi connectivity index (χ2v) is 7.54. The molecule has 0 radical (unpaired) electrons. The molecule has 2 aromatic carbocycles. The van der Waals surface area contributed by atoms with E-state index in [1.54, 1.807) is 12.1 Å². The summed E-state index contributed by atoms with van der Waals surface area (Å²) in [5.41, 5.74) is 1.28. The van der Waals surface area contributed by atoms with Crippen LogP contribution in [0.5, 0.6) is 0 Å². The van der Waals surface area contributed by atoms with Gasteiger partial charge in [0.2, 0.25) is 0 Å². The lowest BCUT2D eigenvalue weighted by Crippen LogP contribution is -2.26. The standard InChI is InChI=1S/C16H15N5O4S2/c1-17-27(24,25)21-11-5-3-10(4-6-11)18-14(22)9-2-7-12-13(8-9)19-16(26)20-15(12)23/h2-8,17,21H,1H3,(H,18,22)(H2,19,20,23,26). The Hall–Kier alpha value is -3.02. The lowest BCUT2D eigenvalue weighted by Gasteiger charge is -2.09. The van der Waals surface area contributed by atoms with Crippen molar-refractivity contribution < 1.29 is 13.2 Å². The van der Waals surface area contributed by atoms with Gasteiger partial charge in [0.1, 0.15) is 0 Å². The van der Waals surface area contributed by atoms with E-state index in [1.807, 2.05) is 0 Å². The van der Waals surface area contributed by atoms with E-state index < -0.39 is 10.2 Å². The number of hydrogen-bond acceptors (Lipinski definition) is 5. The van der Waals surface area contributed by atoms with E-state index in [9.17, 15) is 18.0 Å². The smallest absolute Gasteiger partial charge is 0.298 e. The minimum atomic E-state index is -3.61. The predicted molar refractivity (Wildman–Crippen MR) is 106 cm³/mol. The predicted octanol–water partition coefficient (Wildman–Crippen LogP) is 1.71. The van der Waals surface area contributed by atoms with Crippen molar-refractivity contribution in [3.63, 3.8) is 0 Å². The van der Waals surface area contributed by atoms with Crippen molar-refractivity contribution in [2.75, 3.05) is 17.1 Å². The highest BCUT2D eigenvalue weighted by atomic mass is 32.2. The topological polar surface area (TPSA) is 136 Å². The third-order valence-electron chi connectivity index (χ3n) is 3.67. The van der Waals surface area contributed by atoms with Crippen molar-refractivity contribution in [1.82, 2.24) is 14.7 Å². The Balaban J connectivity index is 1.80. The van der Waals surface area contributed by atoms with Crippen LogP contribution in [-0.4, -0.2) is 31.3 Å². The second kappa shape index (κ2) is 7.31. The molecule has 1 amide bonds. The molecule has 0 aliphatic rings. The van der Waals surface area contributed by atoms with Gasteiger partial charge in [0, 0.05) is 24.0 Å². The number of carbonyl (C=O) groups excluding carboxylic acids is 1. The van der Waals surface area contributed by atoms with E-state index in [-0.39, 0.29) is 16.2 Å². The molecule has 0 atom stereocenters. The first-order chi connectivity index (χ1) is 12.8. The largest absolute Gasteiger partial charge is 0.332 e. The summed E-state index contributed by atoms with van der Waals surface area (Å²) in [5.74, 6) is -0.389. The number of rotatable bonds is 5. The molecule has 9 nitrogen and oxygen atoms in total. The first-order valence-corrected chi connectivity index (χ1v) is 9.55. The van der Waals surface area contributed by atoms with Gasteiger partial charge in [0.25, 0.3) is 21.7 Å². The number of anilines is 2. The Morgan fingerprint density at radius 3 is 2.37 bits per heavy atom. The summed E-state index contributed by atoms with van der Waals surface area (Å²) in [6.45, 7) is 0. The van der Waals surface area contributed by atoms with Gasteiger partial charge < -0.3 is 10.3 Å². The third kappa shape index (κ3) is 4.39. The van der Waals surface area contributed by atoms with Gasteiger partial charge in [-0.05, 0) is 54.7 Å². The normalized spacial score (nSPS) is 11.3. The molecule has 11 heteroatoms. The molecule has 3 aromatic rings. The Morgan fingerprint density at radius 1 is 1.04 bits per heavy atom. The Kier molecular flexibility index (Phi) is 5.08. The number of H-pyrrole nitrogens is 2. The number of nitrogens with one attached hydrogen (secondary N) is 5. The maximum atomic E-state index is 12.4. The third-order valence-corrected chi connectivity index (χ3v) is 4.91.